The molecule has 0 fully saturated rings. The normalized spacial score (nSPS) is 12.1. The summed E-state index contributed by atoms with van der Waals surface area (Å²) in [5, 5.41) is 0. The molecule has 1 unspecified atom stereocenters. The van der Waals surface area contributed by atoms with E-state index in [0.717, 1.165) is 64.2 Å². The summed E-state index contributed by atoms with van der Waals surface area (Å²) < 4.78 is 17.0. The van der Waals surface area contributed by atoms with Crippen LogP contribution < -0.4 is 0 Å². The van der Waals surface area contributed by atoms with Crippen molar-refractivity contribution in [3.05, 3.63) is 24.3 Å². The lowest BCUT2D eigenvalue weighted by Crippen LogP contribution is -2.30. The molecule has 0 aromatic carbocycles. The Morgan fingerprint density at radius 1 is 0.250 bits per heavy atom. The van der Waals surface area contributed by atoms with Gasteiger partial charge in [0.2, 0.25) is 0 Å². The maximum atomic E-state index is 12.9. The van der Waals surface area contributed by atoms with Crippen LogP contribution in [0.3, 0.4) is 0 Å². The van der Waals surface area contributed by atoms with Crippen molar-refractivity contribution in [1.29, 1.82) is 0 Å². The zero-order valence-corrected chi connectivity index (χ0v) is 54.4. The third-order valence-corrected chi connectivity index (χ3v) is 16.7. The zero-order chi connectivity index (χ0) is 57.8. The van der Waals surface area contributed by atoms with Crippen molar-refractivity contribution in [2.24, 2.45) is 0 Å². The molecular formula is C74H140O6. The van der Waals surface area contributed by atoms with Gasteiger partial charge in [-0.05, 0) is 51.4 Å². The SMILES string of the molecule is CCCCC/C=C\C/C=C\CCCCCCCCCCCC(=O)OC(COC(=O)CCCCCCCCCCCCCCCC)COC(=O)CCCCCCCCCCCCCCCCCCCCCCCCCCCCCCC. The monoisotopic (exact) mass is 1130 g/mol. The third kappa shape index (κ3) is 66.7. The van der Waals surface area contributed by atoms with Crippen LogP contribution in [0.1, 0.15) is 412 Å². The number of esters is 3. The van der Waals surface area contributed by atoms with Crippen LogP contribution in [0.25, 0.3) is 0 Å². The average Bonchev–Trinajstić information content (AvgIpc) is 3.46. The average molecular weight is 1130 g/mol. The molecule has 6 heteroatoms. The highest BCUT2D eigenvalue weighted by molar-refractivity contribution is 5.71. The first-order chi connectivity index (χ1) is 39.5. The number of hydrogen-bond acceptors (Lipinski definition) is 6. The van der Waals surface area contributed by atoms with E-state index in [1.807, 2.05) is 0 Å². The minimum atomic E-state index is -0.770. The van der Waals surface area contributed by atoms with E-state index in [4.69, 9.17) is 14.2 Å². The number of carbonyl (C=O) groups is 3. The Morgan fingerprint density at radius 3 is 0.713 bits per heavy atom. The fraction of sp³-hybridized carbons (Fsp3) is 0.905. The quantitative estimate of drug-likeness (QED) is 0.0261. The van der Waals surface area contributed by atoms with Crippen LogP contribution in [0, 0.1) is 0 Å². The lowest BCUT2D eigenvalue weighted by molar-refractivity contribution is -0.167. The van der Waals surface area contributed by atoms with E-state index in [1.54, 1.807) is 0 Å². The molecule has 80 heavy (non-hydrogen) atoms. The fourth-order valence-corrected chi connectivity index (χ4v) is 11.2. The highest BCUT2D eigenvalue weighted by Crippen LogP contribution is 2.19. The summed E-state index contributed by atoms with van der Waals surface area (Å²) in [4.78, 5) is 38.4. The Morgan fingerprint density at radius 2 is 0.450 bits per heavy atom. The van der Waals surface area contributed by atoms with Crippen molar-refractivity contribution < 1.29 is 28.6 Å². The van der Waals surface area contributed by atoms with Crippen LogP contribution in [0.4, 0.5) is 0 Å². The Balaban J connectivity index is 4.17. The molecule has 0 bridgehead atoms. The van der Waals surface area contributed by atoms with Crippen LogP contribution in [0.2, 0.25) is 0 Å². The summed E-state index contributed by atoms with van der Waals surface area (Å²) in [5.74, 6) is -0.837. The first kappa shape index (κ1) is 77.9. The second kappa shape index (κ2) is 69.4. The molecule has 0 rings (SSSR count). The smallest absolute Gasteiger partial charge is 0.306 e. The van der Waals surface area contributed by atoms with E-state index in [-0.39, 0.29) is 31.1 Å². The largest absolute Gasteiger partial charge is 0.462 e. The summed E-state index contributed by atoms with van der Waals surface area (Å²) >= 11 is 0. The molecule has 0 aromatic rings. The van der Waals surface area contributed by atoms with E-state index >= 15 is 0 Å². The van der Waals surface area contributed by atoms with Gasteiger partial charge in [-0.3, -0.25) is 14.4 Å². The van der Waals surface area contributed by atoms with Crippen LogP contribution in [0.5, 0.6) is 0 Å². The number of unbranched alkanes of at least 4 members (excludes halogenated alkanes) is 53. The molecule has 0 aliphatic rings. The standard InChI is InChI=1S/C74H140O6/c1-4-7-10-13-16-19-22-25-28-30-32-33-34-35-36-37-38-39-40-41-43-44-46-49-52-55-58-61-64-67-73(76)79-70-71(69-78-72(75)66-63-60-57-54-51-48-27-24-21-18-15-12-9-6-3)80-74(77)68-65-62-59-56-53-50-47-45-42-31-29-26-23-20-17-14-11-8-5-2/h17,20,26,29,71H,4-16,18-19,21-25,27-28,30-70H2,1-3H3/b20-17-,29-26-. The molecule has 0 aromatic heterocycles. The third-order valence-electron chi connectivity index (χ3n) is 16.7. The molecule has 0 spiro atoms. The van der Waals surface area contributed by atoms with Gasteiger partial charge in [0.05, 0.1) is 0 Å². The minimum Gasteiger partial charge on any atom is -0.462 e. The second-order valence-corrected chi connectivity index (χ2v) is 24.9. The maximum absolute atomic E-state index is 12.9. The molecule has 0 aliphatic carbocycles. The Hall–Kier alpha value is -2.11. The van der Waals surface area contributed by atoms with Gasteiger partial charge in [-0.2, -0.15) is 0 Å². The van der Waals surface area contributed by atoms with Crippen molar-refractivity contribution in [2.75, 3.05) is 13.2 Å². The molecule has 0 amide bonds. The van der Waals surface area contributed by atoms with Crippen LogP contribution in [-0.2, 0) is 28.6 Å². The van der Waals surface area contributed by atoms with Crippen molar-refractivity contribution in [3.8, 4) is 0 Å². The molecule has 0 radical (unpaired) electrons. The summed E-state index contributed by atoms with van der Waals surface area (Å²) in [6, 6.07) is 0. The molecule has 0 saturated heterocycles. The van der Waals surface area contributed by atoms with E-state index in [1.165, 1.54) is 308 Å². The fourth-order valence-electron chi connectivity index (χ4n) is 11.2. The lowest BCUT2D eigenvalue weighted by atomic mass is 10.0. The van der Waals surface area contributed by atoms with E-state index in [9.17, 15) is 14.4 Å². The van der Waals surface area contributed by atoms with Gasteiger partial charge in [0.25, 0.3) is 0 Å². The van der Waals surface area contributed by atoms with Crippen molar-refractivity contribution in [1.82, 2.24) is 0 Å². The van der Waals surface area contributed by atoms with Crippen LogP contribution >= 0.6 is 0 Å². The highest BCUT2D eigenvalue weighted by Gasteiger charge is 2.19. The molecule has 6 nitrogen and oxygen atoms in total. The molecule has 0 heterocycles. The first-order valence-corrected chi connectivity index (χ1v) is 36.3. The summed E-state index contributed by atoms with van der Waals surface area (Å²) in [6.45, 7) is 6.70. The van der Waals surface area contributed by atoms with Gasteiger partial charge in [0.1, 0.15) is 13.2 Å². The number of allylic oxidation sites excluding steroid dienone is 4. The van der Waals surface area contributed by atoms with E-state index < -0.39 is 6.10 Å². The predicted octanol–water partition coefficient (Wildman–Crippen LogP) is 25.0. The van der Waals surface area contributed by atoms with Gasteiger partial charge in [0, 0.05) is 19.3 Å². The highest BCUT2D eigenvalue weighted by atomic mass is 16.6. The first-order valence-electron chi connectivity index (χ1n) is 36.3. The number of carbonyl (C=O) groups excluding carboxylic acids is 3. The van der Waals surface area contributed by atoms with Gasteiger partial charge in [0.15, 0.2) is 6.10 Å². The van der Waals surface area contributed by atoms with Crippen LogP contribution in [-0.4, -0.2) is 37.2 Å². The Labute approximate surface area is 500 Å². The number of ether oxygens (including phenoxy) is 3. The molecule has 0 aliphatic heterocycles. The second-order valence-electron chi connectivity index (χ2n) is 24.9. The van der Waals surface area contributed by atoms with Gasteiger partial charge in [-0.15, -0.1) is 0 Å². The predicted molar refractivity (Wildman–Crippen MR) is 349 cm³/mol. The van der Waals surface area contributed by atoms with Crippen molar-refractivity contribution in [2.45, 2.75) is 419 Å². The summed E-state index contributed by atoms with van der Waals surface area (Å²) in [7, 11) is 0. The van der Waals surface area contributed by atoms with E-state index in [2.05, 4.69) is 45.1 Å². The van der Waals surface area contributed by atoms with Gasteiger partial charge < -0.3 is 14.2 Å². The number of hydrogen-bond donors (Lipinski definition) is 0. The molecular weight excluding hydrogens is 985 g/mol. The topological polar surface area (TPSA) is 78.9 Å². The maximum Gasteiger partial charge on any atom is 0.306 e. The van der Waals surface area contributed by atoms with E-state index in [0.29, 0.717) is 19.3 Å². The minimum absolute atomic E-state index is 0.0664. The van der Waals surface area contributed by atoms with Gasteiger partial charge >= 0.3 is 17.9 Å². The summed E-state index contributed by atoms with van der Waals surface area (Å²) in [5.41, 5.74) is 0. The molecule has 472 valence electrons. The molecule has 1 atom stereocenters. The lowest BCUT2D eigenvalue weighted by Gasteiger charge is -2.18. The van der Waals surface area contributed by atoms with Crippen molar-refractivity contribution >= 4 is 17.9 Å². The van der Waals surface area contributed by atoms with Gasteiger partial charge in [-0.25, -0.2) is 0 Å². The number of rotatable bonds is 68. The van der Waals surface area contributed by atoms with Crippen molar-refractivity contribution in [3.63, 3.8) is 0 Å². The Kier molecular flexibility index (Phi) is 67.6. The zero-order valence-electron chi connectivity index (χ0n) is 54.4. The van der Waals surface area contributed by atoms with Gasteiger partial charge in [-0.1, -0.05) is 366 Å². The molecule has 0 saturated carbocycles. The molecule has 0 N–H and O–H groups in total. The Bertz CT molecular complexity index is 1290. The summed E-state index contributed by atoms with van der Waals surface area (Å²) in [6.07, 6.45) is 85.0. The van der Waals surface area contributed by atoms with Crippen LogP contribution in [0.15, 0.2) is 24.3 Å².